The predicted molar refractivity (Wildman–Crippen MR) is 108 cm³/mol. The Balaban J connectivity index is 2.10. The first-order chi connectivity index (χ1) is 11.9. The Morgan fingerprint density at radius 1 is 1.04 bits per heavy atom. The van der Waals surface area contributed by atoms with Crippen molar-refractivity contribution < 1.29 is 9.84 Å². The summed E-state index contributed by atoms with van der Waals surface area (Å²) in [6.07, 6.45) is 5.56. The molecule has 0 saturated carbocycles. The molecule has 0 bridgehead atoms. The molecule has 2 aliphatic rings. The quantitative estimate of drug-likeness (QED) is 0.641. The number of ether oxygens (including phenoxy) is 1. The van der Waals surface area contributed by atoms with E-state index in [9.17, 15) is 5.11 Å². The standard InChI is InChI=1S/C24H34O2/c1-9-23(7)12-17(4)21-19(13-23)22(5,6)14-24(8,26-21)18-10-15(2)20(25)16(3)11-18/h10-12,25H,9,13-14H2,1-8H3. The molecular weight excluding hydrogens is 320 g/mol. The molecule has 1 aliphatic carbocycles. The number of phenolic OH excluding ortho intramolecular Hbond substituents is 1. The van der Waals surface area contributed by atoms with Gasteiger partial charge in [0.15, 0.2) is 0 Å². The molecule has 26 heavy (non-hydrogen) atoms. The van der Waals surface area contributed by atoms with Crippen molar-refractivity contribution in [1.82, 2.24) is 0 Å². The fraction of sp³-hybridized carbons (Fsp3) is 0.583. The third kappa shape index (κ3) is 2.98. The fourth-order valence-corrected chi connectivity index (χ4v) is 4.91. The summed E-state index contributed by atoms with van der Waals surface area (Å²) in [5.74, 6) is 1.48. The van der Waals surface area contributed by atoms with E-state index in [1.54, 1.807) is 0 Å². The topological polar surface area (TPSA) is 29.5 Å². The lowest BCUT2D eigenvalue weighted by Gasteiger charge is -2.50. The number of hydrogen-bond donors (Lipinski definition) is 1. The zero-order chi connectivity index (χ0) is 19.5. The maximum Gasteiger partial charge on any atom is 0.132 e. The monoisotopic (exact) mass is 354 g/mol. The maximum atomic E-state index is 10.2. The van der Waals surface area contributed by atoms with Crippen LogP contribution in [-0.2, 0) is 10.3 Å². The van der Waals surface area contributed by atoms with E-state index in [4.69, 9.17) is 4.74 Å². The Labute approximate surface area is 159 Å². The van der Waals surface area contributed by atoms with E-state index in [-0.39, 0.29) is 16.4 Å². The number of aryl methyl sites for hydroxylation is 2. The van der Waals surface area contributed by atoms with Gasteiger partial charge in [0, 0.05) is 6.42 Å². The highest BCUT2D eigenvalue weighted by atomic mass is 16.5. The normalized spacial score (nSPS) is 30.5. The van der Waals surface area contributed by atoms with E-state index >= 15 is 0 Å². The van der Waals surface area contributed by atoms with E-state index in [0.29, 0.717) is 5.75 Å². The molecule has 2 nitrogen and oxygen atoms in total. The van der Waals surface area contributed by atoms with Crippen molar-refractivity contribution in [3.8, 4) is 5.75 Å². The summed E-state index contributed by atoms with van der Waals surface area (Å²) in [7, 11) is 0. The Morgan fingerprint density at radius 3 is 2.15 bits per heavy atom. The second-order valence-corrected chi connectivity index (χ2v) is 9.67. The summed E-state index contributed by atoms with van der Waals surface area (Å²) in [4.78, 5) is 0. The van der Waals surface area contributed by atoms with Gasteiger partial charge in [0.25, 0.3) is 0 Å². The average Bonchev–Trinajstić information content (AvgIpc) is 2.53. The van der Waals surface area contributed by atoms with E-state index < -0.39 is 0 Å². The van der Waals surface area contributed by atoms with E-state index in [2.05, 4.69) is 59.8 Å². The van der Waals surface area contributed by atoms with Crippen LogP contribution in [0.2, 0.25) is 0 Å². The van der Waals surface area contributed by atoms with Crippen molar-refractivity contribution in [3.05, 3.63) is 51.8 Å². The molecule has 2 heteroatoms. The Bertz CT molecular complexity index is 788. The van der Waals surface area contributed by atoms with Crippen molar-refractivity contribution in [3.63, 3.8) is 0 Å². The maximum absolute atomic E-state index is 10.2. The molecule has 3 rings (SSSR count). The van der Waals surface area contributed by atoms with Crippen LogP contribution in [0.25, 0.3) is 0 Å². The molecule has 0 saturated heterocycles. The van der Waals surface area contributed by atoms with Crippen LogP contribution in [0.1, 0.15) is 77.5 Å². The number of phenols is 1. The highest BCUT2D eigenvalue weighted by Gasteiger charge is 2.47. The zero-order valence-corrected chi connectivity index (χ0v) is 17.7. The van der Waals surface area contributed by atoms with E-state index in [1.807, 2.05) is 13.8 Å². The van der Waals surface area contributed by atoms with Crippen molar-refractivity contribution in [2.24, 2.45) is 10.8 Å². The van der Waals surface area contributed by atoms with Crippen LogP contribution in [-0.4, -0.2) is 5.11 Å². The highest BCUT2D eigenvalue weighted by Crippen LogP contribution is 2.56. The van der Waals surface area contributed by atoms with Gasteiger partial charge in [-0.1, -0.05) is 33.8 Å². The Hall–Kier alpha value is -1.70. The molecule has 2 unspecified atom stereocenters. The number of benzene rings is 1. The number of rotatable bonds is 2. The van der Waals surface area contributed by atoms with Gasteiger partial charge < -0.3 is 9.84 Å². The lowest BCUT2D eigenvalue weighted by atomic mass is 9.63. The van der Waals surface area contributed by atoms with Gasteiger partial charge >= 0.3 is 0 Å². The van der Waals surface area contributed by atoms with Gasteiger partial charge in [-0.3, -0.25) is 0 Å². The van der Waals surface area contributed by atoms with Crippen LogP contribution >= 0.6 is 0 Å². The highest BCUT2D eigenvalue weighted by molar-refractivity contribution is 5.47. The lowest BCUT2D eigenvalue weighted by Crippen LogP contribution is -2.41. The first-order valence-corrected chi connectivity index (χ1v) is 9.84. The van der Waals surface area contributed by atoms with Crippen LogP contribution < -0.4 is 0 Å². The summed E-state index contributed by atoms with van der Waals surface area (Å²) in [6, 6.07) is 4.17. The summed E-state index contributed by atoms with van der Waals surface area (Å²) in [6.45, 7) is 17.7. The van der Waals surface area contributed by atoms with Gasteiger partial charge in [0.1, 0.15) is 17.1 Å². The third-order valence-electron chi connectivity index (χ3n) is 6.61. The molecule has 0 radical (unpaired) electrons. The fourth-order valence-electron chi connectivity index (χ4n) is 4.91. The summed E-state index contributed by atoms with van der Waals surface area (Å²) < 4.78 is 6.73. The number of aromatic hydroxyl groups is 1. The molecule has 2 atom stereocenters. The van der Waals surface area contributed by atoms with Crippen LogP contribution in [0.4, 0.5) is 0 Å². The van der Waals surface area contributed by atoms with Crippen molar-refractivity contribution in [2.45, 2.75) is 80.3 Å². The zero-order valence-electron chi connectivity index (χ0n) is 17.7. The third-order valence-corrected chi connectivity index (χ3v) is 6.61. The van der Waals surface area contributed by atoms with Crippen LogP contribution in [0.3, 0.4) is 0 Å². The van der Waals surface area contributed by atoms with Gasteiger partial charge in [-0.15, -0.1) is 0 Å². The minimum atomic E-state index is -0.388. The second-order valence-electron chi connectivity index (χ2n) is 9.67. The first-order valence-electron chi connectivity index (χ1n) is 9.84. The average molecular weight is 355 g/mol. The lowest BCUT2D eigenvalue weighted by molar-refractivity contribution is -0.0411. The molecule has 0 amide bonds. The molecule has 1 aromatic carbocycles. The number of allylic oxidation sites excluding steroid dienone is 3. The minimum absolute atomic E-state index is 0.0774. The van der Waals surface area contributed by atoms with E-state index in [0.717, 1.165) is 41.7 Å². The molecule has 0 spiro atoms. The SMILES string of the molecule is CCC1(C)C=C(C)C2=C(C1)C(C)(C)CC(C)(c1cc(C)c(O)c(C)c1)O2. The first kappa shape index (κ1) is 19.1. The van der Waals surface area contributed by atoms with Crippen molar-refractivity contribution >= 4 is 0 Å². The van der Waals surface area contributed by atoms with Crippen LogP contribution in [0.5, 0.6) is 5.75 Å². The molecule has 0 aromatic heterocycles. The van der Waals surface area contributed by atoms with Gasteiger partial charge in [-0.2, -0.15) is 0 Å². The predicted octanol–water partition coefficient (Wildman–Crippen LogP) is 6.69. The molecule has 1 N–H and O–H groups in total. The second kappa shape index (κ2) is 5.90. The van der Waals surface area contributed by atoms with Crippen molar-refractivity contribution in [1.29, 1.82) is 0 Å². The Kier molecular flexibility index (Phi) is 4.33. The molecule has 142 valence electrons. The number of hydrogen-bond acceptors (Lipinski definition) is 2. The van der Waals surface area contributed by atoms with Gasteiger partial charge in [-0.25, -0.2) is 0 Å². The van der Waals surface area contributed by atoms with Gasteiger partial charge in [0.2, 0.25) is 0 Å². The van der Waals surface area contributed by atoms with Crippen molar-refractivity contribution in [2.75, 3.05) is 0 Å². The summed E-state index contributed by atoms with van der Waals surface area (Å²) in [5.41, 5.74) is 5.63. The molecule has 1 aliphatic heterocycles. The van der Waals surface area contributed by atoms with Crippen LogP contribution in [0.15, 0.2) is 35.1 Å². The smallest absolute Gasteiger partial charge is 0.132 e. The Morgan fingerprint density at radius 2 is 1.62 bits per heavy atom. The van der Waals surface area contributed by atoms with Gasteiger partial charge in [0.05, 0.1) is 0 Å². The molecule has 1 heterocycles. The van der Waals surface area contributed by atoms with E-state index in [1.165, 1.54) is 11.1 Å². The largest absolute Gasteiger partial charge is 0.507 e. The summed E-state index contributed by atoms with van der Waals surface area (Å²) >= 11 is 0. The van der Waals surface area contributed by atoms with Gasteiger partial charge in [-0.05, 0) is 91.3 Å². The molecule has 0 fully saturated rings. The summed E-state index contributed by atoms with van der Waals surface area (Å²) in [5, 5.41) is 10.2. The molecule has 1 aromatic rings. The van der Waals surface area contributed by atoms with Crippen LogP contribution in [0, 0.1) is 24.7 Å². The molecular formula is C24H34O2. The minimum Gasteiger partial charge on any atom is -0.507 e.